The summed E-state index contributed by atoms with van der Waals surface area (Å²) in [6, 6.07) is 3.64. The van der Waals surface area contributed by atoms with Gasteiger partial charge in [-0.2, -0.15) is 0 Å². The third kappa shape index (κ3) is 1.90. The Morgan fingerprint density at radius 1 is 1.50 bits per heavy atom. The fraction of sp³-hybridized carbons (Fsp3) is 0.308. The maximum Gasteiger partial charge on any atom is 0.256 e. The maximum absolute atomic E-state index is 12.1. The molecule has 2 aromatic heterocycles. The van der Waals surface area contributed by atoms with Gasteiger partial charge in [0.1, 0.15) is 5.01 Å². The van der Waals surface area contributed by atoms with Crippen LogP contribution in [0.1, 0.15) is 33.7 Å². The van der Waals surface area contributed by atoms with E-state index in [2.05, 4.69) is 22.3 Å². The van der Waals surface area contributed by atoms with Crippen molar-refractivity contribution in [3.63, 3.8) is 0 Å². The minimum absolute atomic E-state index is 0.0614. The van der Waals surface area contributed by atoms with Gasteiger partial charge in [0, 0.05) is 11.6 Å². The van der Waals surface area contributed by atoms with Crippen LogP contribution < -0.4 is 0 Å². The van der Waals surface area contributed by atoms with Crippen molar-refractivity contribution in [3.8, 4) is 0 Å². The molecule has 0 aliphatic carbocycles. The molecule has 0 saturated heterocycles. The van der Waals surface area contributed by atoms with Gasteiger partial charge in [0.15, 0.2) is 0 Å². The number of nitrogens with zero attached hydrogens (tertiary/aromatic N) is 3. The minimum atomic E-state index is 0.0614. The number of carbonyl (C=O) groups is 1. The zero-order valence-corrected chi connectivity index (χ0v) is 10.9. The van der Waals surface area contributed by atoms with E-state index in [4.69, 9.17) is 0 Å². The summed E-state index contributed by atoms with van der Waals surface area (Å²) >= 11 is 1.62. The fourth-order valence-electron chi connectivity index (χ4n) is 2.06. The smallest absolute Gasteiger partial charge is 0.256 e. The summed E-state index contributed by atoms with van der Waals surface area (Å²) in [5.74, 6) is 0.0614. The van der Waals surface area contributed by atoms with Gasteiger partial charge >= 0.3 is 0 Å². The summed E-state index contributed by atoms with van der Waals surface area (Å²) in [5.41, 5.74) is 2.69. The van der Waals surface area contributed by atoms with Gasteiger partial charge < -0.3 is 4.90 Å². The molecule has 0 saturated carbocycles. The molecule has 0 fully saturated rings. The molecule has 0 spiro atoms. The summed E-state index contributed by atoms with van der Waals surface area (Å²) in [5, 5.41) is 3.05. The number of amides is 1. The highest BCUT2D eigenvalue weighted by atomic mass is 32.1. The van der Waals surface area contributed by atoms with Crippen LogP contribution in [0.4, 0.5) is 0 Å². The molecular weight excluding hydrogens is 246 g/mol. The van der Waals surface area contributed by atoms with Crippen molar-refractivity contribution in [2.75, 3.05) is 0 Å². The van der Waals surface area contributed by atoms with Gasteiger partial charge in [-0.05, 0) is 18.6 Å². The highest BCUT2D eigenvalue weighted by Gasteiger charge is 2.28. The van der Waals surface area contributed by atoms with Crippen LogP contribution in [0.15, 0.2) is 23.7 Å². The zero-order valence-electron chi connectivity index (χ0n) is 10.1. The number of thiazole rings is 1. The van der Waals surface area contributed by atoms with E-state index in [0.717, 1.165) is 28.4 Å². The lowest BCUT2D eigenvalue weighted by atomic mass is 10.2. The zero-order chi connectivity index (χ0) is 12.5. The van der Waals surface area contributed by atoms with Crippen molar-refractivity contribution in [1.82, 2.24) is 14.9 Å². The Hall–Kier alpha value is -1.75. The van der Waals surface area contributed by atoms with Crippen molar-refractivity contribution < 1.29 is 4.79 Å². The molecule has 0 atom stereocenters. The summed E-state index contributed by atoms with van der Waals surface area (Å²) in [4.78, 5) is 22.7. The normalized spacial score (nSPS) is 14.1. The maximum atomic E-state index is 12.1. The Balaban J connectivity index is 1.78. The van der Waals surface area contributed by atoms with E-state index >= 15 is 0 Å². The highest BCUT2D eigenvalue weighted by molar-refractivity contribution is 7.09. The molecule has 92 valence electrons. The van der Waals surface area contributed by atoms with Gasteiger partial charge in [-0.15, -0.1) is 11.3 Å². The molecule has 1 aliphatic rings. The van der Waals surface area contributed by atoms with Gasteiger partial charge in [0.25, 0.3) is 5.91 Å². The molecule has 4 nitrogen and oxygen atoms in total. The van der Waals surface area contributed by atoms with Gasteiger partial charge in [-0.3, -0.25) is 9.78 Å². The van der Waals surface area contributed by atoms with E-state index in [1.54, 1.807) is 28.5 Å². The Morgan fingerprint density at radius 2 is 2.39 bits per heavy atom. The van der Waals surface area contributed by atoms with Crippen LogP contribution in [0, 0.1) is 0 Å². The van der Waals surface area contributed by atoms with Gasteiger partial charge in [-0.25, -0.2) is 4.98 Å². The van der Waals surface area contributed by atoms with Crippen LogP contribution in [0.25, 0.3) is 0 Å². The summed E-state index contributed by atoms with van der Waals surface area (Å²) < 4.78 is 0. The first-order valence-electron chi connectivity index (χ1n) is 5.94. The second kappa shape index (κ2) is 4.49. The SMILES string of the molecule is CCc1csc(CN2Cc3ncccc3C2=O)n1. The average Bonchev–Trinajstić information content (AvgIpc) is 2.97. The van der Waals surface area contributed by atoms with E-state index in [1.165, 1.54) is 0 Å². The van der Waals surface area contributed by atoms with E-state index in [0.29, 0.717) is 13.1 Å². The Kier molecular flexibility index (Phi) is 2.83. The Labute approximate surface area is 109 Å². The second-order valence-corrected chi connectivity index (χ2v) is 5.19. The van der Waals surface area contributed by atoms with Crippen LogP contribution in [0.2, 0.25) is 0 Å². The molecule has 5 heteroatoms. The third-order valence-electron chi connectivity index (χ3n) is 3.04. The van der Waals surface area contributed by atoms with Crippen LogP contribution >= 0.6 is 11.3 Å². The molecule has 1 amide bonds. The molecule has 18 heavy (non-hydrogen) atoms. The number of aryl methyl sites for hydroxylation is 1. The molecule has 3 heterocycles. The third-order valence-corrected chi connectivity index (χ3v) is 3.92. The first-order chi connectivity index (χ1) is 8.78. The summed E-state index contributed by atoms with van der Waals surface area (Å²) in [7, 11) is 0. The summed E-state index contributed by atoms with van der Waals surface area (Å²) in [6.45, 7) is 3.26. The lowest BCUT2D eigenvalue weighted by molar-refractivity contribution is 0.0766. The second-order valence-electron chi connectivity index (χ2n) is 4.25. The monoisotopic (exact) mass is 259 g/mol. The Bertz CT molecular complexity index is 593. The van der Waals surface area contributed by atoms with E-state index in [-0.39, 0.29) is 5.91 Å². The highest BCUT2D eigenvalue weighted by Crippen LogP contribution is 2.23. The van der Waals surface area contributed by atoms with Crippen molar-refractivity contribution in [1.29, 1.82) is 0 Å². The first kappa shape index (κ1) is 11.3. The standard InChI is InChI=1S/C13H13N3OS/c1-2-9-8-18-12(15-9)7-16-6-11-10(13(16)17)4-3-5-14-11/h3-5,8H,2,6-7H2,1H3. The van der Waals surface area contributed by atoms with Crippen molar-refractivity contribution in [2.45, 2.75) is 26.4 Å². The number of carbonyl (C=O) groups excluding carboxylic acids is 1. The van der Waals surface area contributed by atoms with E-state index in [1.807, 2.05) is 6.07 Å². The van der Waals surface area contributed by atoms with E-state index < -0.39 is 0 Å². The predicted molar refractivity (Wildman–Crippen MR) is 69.3 cm³/mol. The molecule has 2 aromatic rings. The van der Waals surface area contributed by atoms with Crippen molar-refractivity contribution in [3.05, 3.63) is 45.7 Å². The van der Waals surface area contributed by atoms with Gasteiger partial charge in [-0.1, -0.05) is 6.92 Å². The Morgan fingerprint density at radius 3 is 3.11 bits per heavy atom. The topological polar surface area (TPSA) is 46.1 Å². The molecule has 0 N–H and O–H groups in total. The van der Waals surface area contributed by atoms with Gasteiger partial charge in [0.05, 0.1) is 30.0 Å². The van der Waals surface area contributed by atoms with Crippen LogP contribution in [-0.2, 0) is 19.5 Å². The van der Waals surface area contributed by atoms with Crippen LogP contribution in [-0.4, -0.2) is 20.8 Å². The van der Waals surface area contributed by atoms with Crippen LogP contribution in [0.3, 0.4) is 0 Å². The number of hydrogen-bond donors (Lipinski definition) is 0. The molecular formula is C13H13N3OS. The van der Waals surface area contributed by atoms with Crippen molar-refractivity contribution in [2.24, 2.45) is 0 Å². The average molecular weight is 259 g/mol. The molecule has 3 rings (SSSR count). The predicted octanol–water partition coefficient (Wildman–Crippen LogP) is 2.26. The molecule has 0 bridgehead atoms. The lowest BCUT2D eigenvalue weighted by Crippen LogP contribution is -2.23. The number of pyridine rings is 1. The number of fused-ring (bicyclic) bond motifs is 1. The molecule has 0 unspecified atom stereocenters. The molecule has 0 radical (unpaired) electrons. The van der Waals surface area contributed by atoms with Gasteiger partial charge in [0.2, 0.25) is 0 Å². The first-order valence-corrected chi connectivity index (χ1v) is 6.82. The number of aromatic nitrogens is 2. The quantitative estimate of drug-likeness (QED) is 0.849. The molecule has 1 aliphatic heterocycles. The minimum Gasteiger partial charge on any atom is -0.326 e. The van der Waals surface area contributed by atoms with E-state index in [9.17, 15) is 4.79 Å². The summed E-state index contributed by atoms with van der Waals surface area (Å²) in [6.07, 6.45) is 2.67. The van der Waals surface area contributed by atoms with Crippen molar-refractivity contribution >= 4 is 17.2 Å². The fourth-order valence-corrected chi connectivity index (χ4v) is 2.95. The number of rotatable bonds is 3. The molecule has 0 aromatic carbocycles. The largest absolute Gasteiger partial charge is 0.326 e. The lowest BCUT2D eigenvalue weighted by Gasteiger charge is -2.12. The van der Waals surface area contributed by atoms with Crippen LogP contribution in [0.5, 0.6) is 0 Å². The number of hydrogen-bond acceptors (Lipinski definition) is 4.